The van der Waals surface area contributed by atoms with Crippen molar-refractivity contribution in [3.8, 4) is 22.6 Å². The van der Waals surface area contributed by atoms with Crippen molar-refractivity contribution in [2.45, 2.75) is 31.8 Å². The van der Waals surface area contributed by atoms with Gasteiger partial charge >= 0.3 is 0 Å². The molecule has 1 atom stereocenters. The minimum atomic E-state index is -0.610. The highest BCUT2D eigenvalue weighted by Crippen LogP contribution is 2.41. The number of imide groups is 1. The number of amides is 3. The molecule has 1 saturated heterocycles. The molecule has 2 aromatic rings. The van der Waals surface area contributed by atoms with E-state index in [4.69, 9.17) is 9.47 Å². The monoisotopic (exact) mass is 392 g/mol. The normalized spacial score (nSPS) is 20.9. The van der Waals surface area contributed by atoms with Crippen LogP contribution >= 0.6 is 0 Å². The van der Waals surface area contributed by atoms with Crippen molar-refractivity contribution < 1.29 is 23.9 Å². The van der Waals surface area contributed by atoms with Gasteiger partial charge in [-0.15, -0.1) is 0 Å². The zero-order valence-corrected chi connectivity index (χ0v) is 15.8. The van der Waals surface area contributed by atoms with E-state index in [1.165, 1.54) is 0 Å². The molecule has 0 radical (unpaired) electrons. The van der Waals surface area contributed by atoms with Gasteiger partial charge in [-0.1, -0.05) is 18.2 Å². The molecule has 5 rings (SSSR count). The van der Waals surface area contributed by atoms with Gasteiger partial charge in [0.2, 0.25) is 11.8 Å². The lowest BCUT2D eigenvalue weighted by Gasteiger charge is -2.29. The second kappa shape index (κ2) is 6.92. The largest absolute Gasteiger partial charge is 0.490 e. The van der Waals surface area contributed by atoms with Crippen molar-refractivity contribution in [3.63, 3.8) is 0 Å². The lowest BCUT2D eigenvalue weighted by Crippen LogP contribution is -2.52. The fourth-order valence-corrected chi connectivity index (χ4v) is 4.16. The number of piperidine rings is 1. The van der Waals surface area contributed by atoms with E-state index in [0.717, 1.165) is 34.6 Å². The summed E-state index contributed by atoms with van der Waals surface area (Å²) in [6.45, 7) is 1.56. The Morgan fingerprint density at radius 3 is 2.72 bits per heavy atom. The first kappa shape index (κ1) is 17.7. The van der Waals surface area contributed by atoms with Gasteiger partial charge in [0.15, 0.2) is 11.5 Å². The third-order valence-electron chi connectivity index (χ3n) is 5.61. The third-order valence-corrected chi connectivity index (χ3v) is 5.61. The molecule has 0 spiro atoms. The van der Waals surface area contributed by atoms with Crippen molar-refractivity contribution in [1.82, 2.24) is 10.2 Å². The van der Waals surface area contributed by atoms with E-state index in [9.17, 15) is 14.4 Å². The molecule has 0 bridgehead atoms. The average molecular weight is 392 g/mol. The van der Waals surface area contributed by atoms with Crippen LogP contribution in [0.5, 0.6) is 11.5 Å². The molecule has 3 aliphatic heterocycles. The number of hydrogen-bond acceptors (Lipinski definition) is 5. The van der Waals surface area contributed by atoms with Crippen molar-refractivity contribution in [2.75, 3.05) is 13.2 Å². The summed E-state index contributed by atoms with van der Waals surface area (Å²) in [5.41, 5.74) is 3.31. The van der Waals surface area contributed by atoms with Gasteiger partial charge < -0.3 is 14.4 Å². The fourth-order valence-electron chi connectivity index (χ4n) is 4.16. The van der Waals surface area contributed by atoms with Gasteiger partial charge in [0.1, 0.15) is 6.04 Å². The highest BCUT2D eigenvalue weighted by atomic mass is 16.5. The number of nitrogens with one attached hydrogen (secondary N) is 1. The highest BCUT2D eigenvalue weighted by Gasteiger charge is 2.39. The Bertz CT molecular complexity index is 1030. The van der Waals surface area contributed by atoms with Crippen LogP contribution in [0.15, 0.2) is 36.4 Å². The Labute approximate surface area is 167 Å². The van der Waals surface area contributed by atoms with Crippen LogP contribution in [0.25, 0.3) is 11.1 Å². The van der Waals surface area contributed by atoms with E-state index in [1.54, 1.807) is 11.0 Å². The lowest BCUT2D eigenvalue weighted by atomic mass is 9.99. The zero-order valence-electron chi connectivity index (χ0n) is 15.8. The Balaban J connectivity index is 1.47. The molecule has 1 fully saturated rings. The molecule has 1 N–H and O–H groups in total. The molecule has 3 aliphatic rings. The molecule has 2 aromatic carbocycles. The van der Waals surface area contributed by atoms with Crippen molar-refractivity contribution in [2.24, 2.45) is 0 Å². The standard InChI is InChI=1S/C22H20N2O5/c25-19-8-7-17(21(26)23-19)24-12-14-11-13(5-6-16(14)22(24)27)15-3-1-4-18-20(15)29-10-2-9-28-18/h1,3-6,11,17H,2,7-10,12H2,(H,23,25,26). The summed E-state index contributed by atoms with van der Waals surface area (Å²) in [6, 6.07) is 10.9. The van der Waals surface area contributed by atoms with Gasteiger partial charge in [-0.2, -0.15) is 0 Å². The number of hydrogen-bond donors (Lipinski definition) is 1. The third kappa shape index (κ3) is 3.03. The minimum absolute atomic E-state index is 0.174. The van der Waals surface area contributed by atoms with Crippen LogP contribution < -0.4 is 14.8 Å². The molecule has 0 aromatic heterocycles. The molecule has 0 aliphatic carbocycles. The zero-order chi connectivity index (χ0) is 20.0. The molecule has 3 amide bonds. The Morgan fingerprint density at radius 1 is 1.00 bits per heavy atom. The predicted octanol–water partition coefficient (Wildman–Crippen LogP) is 2.28. The minimum Gasteiger partial charge on any atom is -0.490 e. The van der Waals surface area contributed by atoms with Crippen LogP contribution in [-0.4, -0.2) is 41.9 Å². The molecule has 0 saturated carbocycles. The molecular weight excluding hydrogens is 372 g/mol. The first-order chi connectivity index (χ1) is 14.1. The number of carbonyl (C=O) groups is 3. The molecule has 148 valence electrons. The van der Waals surface area contributed by atoms with Gasteiger partial charge in [0.25, 0.3) is 5.91 Å². The van der Waals surface area contributed by atoms with E-state index < -0.39 is 11.9 Å². The maximum Gasteiger partial charge on any atom is 0.255 e. The summed E-state index contributed by atoms with van der Waals surface area (Å²) < 4.78 is 11.7. The molecular formula is C22H20N2O5. The number of fused-ring (bicyclic) bond motifs is 2. The maximum atomic E-state index is 12.9. The summed E-state index contributed by atoms with van der Waals surface area (Å²) in [7, 11) is 0. The van der Waals surface area contributed by atoms with E-state index in [-0.39, 0.29) is 18.2 Å². The lowest BCUT2D eigenvalue weighted by molar-refractivity contribution is -0.136. The van der Waals surface area contributed by atoms with E-state index in [0.29, 0.717) is 31.7 Å². The Hall–Kier alpha value is -3.35. The van der Waals surface area contributed by atoms with Crippen LogP contribution in [0, 0.1) is 0 Å². The quantitative estimate of drug-likeness (QED) is 0.793. The number of ether oxygens (including phenoxy) is 2. The topological polar surface area (TPSA) is 84.9 Å². The molecule has 1 unspecified atom stereocenters. The Morgan fingerprint density at radius 2 is 1.86 bits per heavy atom. The van der Waals surface area contributed by atoms with Crippen LogP contribution in [0.1, 0.15) is 35.2 Å². The number of benzene rings is 2. The number of para-hydroxylation sites is 1. The van der Waals surface area contributed by atoms with Gasteiger partial charge in [0.05, 0.1) is 13.2 Å². The van der Waals surface area contributed by atoms with Crippen LogP contribution in [0.2, 0.25) is 0 Å². The smallest absolute Gasteiger partial charge is 0.255 e. The second-order valence-corrected chi connectivity index (χ2v) is 7.46. The average Bonchev–Trinajstić information content (AvgIpc) is 2.89. The van der Waals surface area contributed by atoms with Crippen molar-refractivity contribution in [3.05, 3.63) is 47.5 Å². The van der Waals surface area contributed by atoms with Crippen molar-refractivity contribution >= 4 is 17.7 Å². The predicted molar refractivity (Wildman–Crippen MR) is 104 cm³/mol. The van der Waals surface area contributed by atoms with Crippen LogP contribution in [0.3, 0.4) is 0 Å². The van der Waals surface area contributed by atoms with Gasteiger partial charge in [-0.25, -0.2) is 0 Å². The SMILES string of the molecule is O=C1CCC(N2Cc3cc(-c4cccc5c4OCCCO5)ccc3C2=O)C(=O)N1. The summed E-state index contributed by atoms with van der Waals surface area (Å²) in [4.78, 5) is 38.1. The van der Waals surface area contributed by atoms with Gasteiger partial charge in [0, 0.05) is 30.5 Å². The van der Waals surface area contributed by atoms with E-state index in [2.05, 4.69) is 5.32 Å². The van der Waals surface area contributed by atoms with E-state index in [1.807, 2.05) is 30.3 Å². The maximum absolute atomic E-state index is 12.9. The molecule has 7 nitrogen and oxygen atoms in total. The number of rotatable bonds is 2. The first-order valence-electron chi connectivity index (χ1n) is 9.78. The summed E-state index contributed by atoms with van der Waals surface area (Å²) in [6.07, 6.45) is 1.43. The van der Waals surface area contributed by atoms with Gasteiger partial charge in [-0.3, -0.25) is 19.7 Å². The van der Waals surface area contributed by atoms with Crippen LogP contribution in [-0.2, 0) is 16.1 Å². The van der Waals surface area contributed by atoms with Crippen LogP contribution in [0.4, 0.5) is 0 Å². The molecule has 3 heterocycles. The summed E-state index contributed by atoms with van der Waals surface area (Å²) in [5, 5.41) is 2.33. The summed E-state index contributed by atoms with van der Waals surface area (Å²) >= 11 is 0. The fraction of sp³-hybridized carbons (Fsp3) is 0.318. The number of carbonyl (C=O) groups excluding carboxylic acids is 3. The second-order valence-electron chi connectivity index (χ2n) is 7.46. The first-order valence-corrected chi connectivity index (χ1v) is 9.78. The molecule has 7 heteroatoms. The number of nitrogens with zero attached hydrogens (tertiary/aromatic N) is 1. The highest BCUT2D eigenvalue weighted by molar-refractivity contribution is 6.05. The Kier molecular flexibility index (Phi) is 4.23. The van der Waals surface area contributed by atoms with E-state index >= 15 is 0 Å². The van der Waals surface area contributed by atoms with Crippen molar-refractivity contribution in [1.29, 1.82) is 0 Å². The summed E-state index contributed by atoms with van der Waals surface area (Å²) in [5.74, 6) is 0.580. The molecule has 29 heavy (non-hydrogen) atoms. The van der Waals surface area contributed by atoms with Gasteiger partial charge in [-0.05, 0) is 35.7 Å².